The Morgan fingerprint density at radius 1 is 1.29 bits per heavy atom. The number of morpholine rings is 1. The molecule has 1 unspecified atom stereocenters. The lowest BCUT2D eigenvalue weighted by Gasteiger charge is -2.35. The molecule has 6 nitrogen and oxygen atoms in total. The molecule has 0 radical (unpaired) electrons. The van der Waals surface area contributed by atoms with Gasteiger partial charge < -0.3 is 10.1 Å². The van der Waals surface area contributed by atoms with E-state index in [2.05, 4.69) is 29.2 Å². The molecule has 1 saturated heterocycles. The first-order valence-corrected chi connectivity index (χ1v) is 10.3. The van der Waals surface area contributed by atoms with Crippen molar-refractivity contribution in [3.63, 3.8) is 0 Å². The van der Waals surface area contributed by atoms with Crippen LogP contribution in [0.4, 0.5) is 0 Å². The van der Waals surface area contributed by atoms with Gasteiger partial charge in [0.2, 0.25) is 0 Å². The second kappa shape index (κ2) is 10.0. The van der Waals surface area contributed by atoms with Crippen molar-refractivity contribution in [2.24, 2.45) is 5.92 Å². The van der Waals surface area contributed by atoms with Gasteiger partial charge in [0.05, 0.1) is 31.5 Å². The van der Waals surface area contributed by atoms with Crippen molar-refractivity contribution < 1.29 is 9.53 Å². The maximum Gasteiger partial charge on any atom is 0.254 e. The third-order valence-corrected chi connectivity index (χ3v) is 5.36. The Hall–Kier alpha value is -1.89. The highest BCUT2D eigenvalue weighted by Gasteiger charge is 2.23. The number of hydrogen-bond acceptors (Lipinski definition) is 4. The summed E-state index contributed by atoms with van der Waals surface area (Å²) in [5.41, 5.74) is 1.54. The summed E-state index contributed by atoms with van der Waals surface area (Å²) in [6.45, 7) is 8.96. The largest absolute Gasteiger partial charge is 0.379 e. The highest BCUT2D eigenvalue weighted by molar-refractivity contribution is 6.31. The lowest BCUT2D eigenvalue weighted by Crippen LogP contribution is -2.49. The molecule has 152 valence electrons. The summed E-state index contributed by atoms with van der Waals surface area (Å²) in [5.74, 6) is 0.482. The normalized spacial score (nSPS) is 16.3. The van der Waals surface area contributed by atoms with Crippen molar-refractivity contribution in [2.45, 2.75) is 32.9 Å². The molecular formula is C21H29ClN4O2. The summed E-state index contributed by atoms with van der Waals surface area (Å²) in [4.78, 5) is 15.0. The molecule has 2 heterocycles. The maximum absolute atomic E-state index is 12.6. The van der Waals surface area contributed by atoms with Crippen LogP contribution in [0.25, 0.3) is 0 Å². The highest BCUT2D eigenvalue weighted by Crippen LogP contribution is 2.16. The molecule has 3 rings (SSSR count). The number of ether oxygens (including phenoxy) is 1. The molecule has 7 heteroatoms. The molecule has 1 aliphatic heterocycles. The van der Waals surface area contributed by atoms with Gasteiger partial charge in [-0.05, 0) is 24.0 Å². The highest BCUT2D eigenvalue weighted by atomic mass is 35.5. The Morgan fingerprint density at radius 3 is 2.75 bits per heavy atom. The zero-order chi connectivity index (χ0) is 19.9. The Bertz CT molecular complexity index is 771. The van der Waals surface area contributed by atoms with E-state index in [0.29, 0.717) is 35.6 Å². The number of benzene rings is 1. The molecule has 0 spiro atoms. The first-order valence-electron chi connectivity index (χ1n) is 9.88. The van der Waals surface area contributed by atoms with E-state index in [1.165, 1.54) is 0 Å². The van der Waals surface area contributed by atoms with Gasteiger partial charge in [0.15, 0.2) is 0 Å². The number of nitrogens with zero attached hydrogens (tertiary/aromatic N) is 3. The van der Waals surface area contributed by atoms with Gasteiger partial charge in [-0.15, -0.1) is 0 Å². The van der Waals surface area contributed by atoms with E-state index in [4.69, 9.17) is 16.3 Å². The molecule has 2 aromatic rings. The van der Waals surface area contributed by atoms with Gasteiger partial charge in [0.25, 0.3) is 5.91 Å². The molecule has 1 aromatic carbocycles. The van der Waals surface area contributed by atoms with Crippen LogP contribution in [0.2, 0.25) is 5.02 Å². The molecule has 0 aliphatic carbocycles. The van der Waals surface area contributed by atoms with E-state index in [0.717, 1.165) is 38.3 Å². The standard InChI is InChI=1S/C21H29ClN4O2/c1-16(2)11-19(25-7-9-28-10-8-25)13-23-21(27)18-12-24-26(15-18)14-17-5-3-4-6-20(17)22/h3-6,12,15-16,19H,7-11,13-14H2,1-2H3,(H,23,27). The minimum atomic E-state index is -0.0903. The van der Waals surface area contributed by atoms with Crippen LogP contribution in [0.5, 0.6) is 0 Å². The van der Waals surface area contributed by atoms with Gasteiger partial charge in [-0.2, -0.15) is 5.10 Å². The molecule has 1 aliphatic rings. The van der Waals surface area contributed by atoms with Crippen LogP contribution in [-0.2, 0) is 11.3 Å². The third-order valence-electron chi connectivity index (χ3n) is 4.99. The monoisotopic (exact) mass is 404 g/mol. The van der Waals surface area contributed by atoms with E-state index in [1.807, 2.05) is 24.3 Å². The fourth-order valence-corrected chi connectivity index (χ4v) is 3.72. The number of hydrogen-bond donors (Lipinski definition) is 1. The van der Waals surface area contributed by atoms with Crippen LogP contribution in [0.15, 0.2) is 36.7 Å². The van der Waals surface area contributed by atoms with E-state index in [-0.39, 0.29) is 5.91 Å². The van der Waals surface area contributed by atoms with Crippen LogP contribution >= 0.6 is 11.6 Å². The summed E-state index contributed by atoms with van der Waals surface area (Å²) < 4.78 is 7.20. The van der Waals surface area contributed by atoms with Crippen molar-refractivity contribution >= 4 is 17.5 Å². The molecule has 28 heavy (non-hydrogen) atoms. The molecule has 1 amide bonds. The lowest BCUT2D eigenvalue weighted by atomic mass is 10.0. The molecule has 1 atom stereocenters. The van der Waals surface area contributed by atoms with Crippen LogP contribution in [0.3, 0.4) is 0 Å². The molecule has 1 fully saturated rings. The van der Waals surface area contributed by atoms with Crippen LogP contribution in [0, 0.1) is 5.92 Å². The number of carbonyl (C=O) groups excluding carboxylic acids is 1. The van der Waals surface area contributed by atoms with Crippen LogP contribution in [-0.4, -0.2) is 59.5 Å². The number of halogens is 1. The SMILES string of the molecule is CC(C)CC(CNC(=O)c1cnn(Cc2ccccc2Cl)c1)N1CCOCC1. The Labute approximate surface area is 171 Å². The summed E-state index contributed by atoms with van der Waals surface area (Å²) in [6.07, 6.45) is 4.43. The Balaban J connectivity index is 1.57. The van der Waals surface area contributed by atoms with E-state index < -0.39 is 0 Å². The number of aromatic nitrogens is 2. The first-order chi connectivity index (χ1) is 13.5. The zero-order valence-electron chi connectivity index (χ0n) is 16.6. The molecule has 0 bridgehead atoms. The van der Waals surface area contributed by atoms with Gasteiger partial charge in [-0.3, -0.25) is 14.4 Å². The maximum atomic E-state index is 12.6. The fourth-order valence-electron chi connectivity index (χ4n) is 3.53. The minimum Gasteiger partial charge on any atom is -0.379 e. The second-order valence-corrected chi connectivity index (χ2v) is 8.07. The van der Waals surface area contributed by atoms with E-state index in [9.17, 15) is 4.79 Å². The molecule has 1 N–H and O–H groups in total. The summed E-state index contributed by atoms with van der Waals surface area (Å²) in [5, 5.41) is 8.10. The van der Waals surface area contributed by atoms with Gasteiger partial charge in [-0.1, -0.05) is 43.6 Å². The number of rotatable bonds is 8. The first kappa shape index (κ1) is 20.8. The average molecular weight is 405 g/mol. The van der Waals surface area contributed by atoms with Crippen molar-refractivity contribution in [2.75, 3.05) is 32.8 Å². The fraction of sp³-hybridized carbons (Fsp3) is 0.524. The minimum absolute atomic E-state index is 0.0903. The van der Waals surface area contributed by atoms with Gasteiger partial charge in [0, 0.05) is 36.9 Å². The van der Waals surface area contributed by atoms with Gasteiger partial charge in [0.1, 0.15) is 0 Å². The molecule has 0 saturated carbocycles. The average Bonchev–Trinajstić information content (AvgIpc) is 3.16. The molecule has 1 aromatic heterocycles. The smallest absolute Gasteiger partial charge is 0.254 e. The van der Waals surface area contributed by atoms with Crippen LogP contribution in [0.1, 0.15) is 36.2 Å². The topological polar surface area (TPSA) is 59.4 Å². The number of nitrogens with one attached hydrogen (secondary N) is 1. The molecular weight excluding hydrogens is 376 g/mol. The zero-order valence-corrected chi connectivity index (χ0v) is 17.4. The Morgan fingerprint density at radius 2 is 2.04 bits per heavy atom. The summed E-state index contributed by atoms with van der Waals surface area (Å²) >= 11 is 6.21. The predicted octanol–water partition coefficient (Wildman–Crippen LogP) is 3.06. The van der Waals surface area contributed by atoms with Gasteiger partial charge in [-0.25, -0.2) is 0 Å². The van der Waals surface area contributed by atoms with Crippen molar-refractivity contribution in [3.8, 4) is 0 Å². The quantitative estimate of drug-likeness (QED) is 0.734. The third kappa shape index (κ3) is 5.80. The van der Waals surface area contributed by atoms with Crippen molar-refractivity contribution in [1.29, 1.82) is 0 Å². The summed E-state index contributed by atoms with van der Waals surface area (Å²) in [6, 6.07) is 7.98. The number of carbonyl (C=O) groups is 1. The van der Waals surface area contributed by atoms with Gasteiger partial charge >= 0.3 is 0 Å². The van der Waals surface area contributed by atoms with E-state index in [1.54, 1.807) is 17.1 Å². The Kier molecular flexibility index (Phi) is 7.48. The summed E-state index contributed by atoms with van der Waals surface area (Å²) in [7, 11) is 0. The number of amides is 1. The lowest BCUT2D eigenvalue weighted by molar-refractivity contribution is 0.0124. The predicted molar refractivity (Wildman–Crippen MR) is 111 cm³/mol. The second-order valence-electron chi connectivity index (χ2n) is 7.66. The van der Waals surface area contributed by atoms with Crippen LogP contribution < -0.4 is 5.32 Å². The van der Waals surface area contributed by atoms with Crippen molar-refractivity contribution in [3.05, 3.63) is 52.8 Å². The van der Waals surface area contributed by atoms with Crippen molar-refractivity contribution in [1.82, 2.24) is 20.0 Å². The van der Waals surface area contributed by atoms with E-state index >= 15 is 0 Å².